The van der Waals surface area contributed by atoms with E-state index >= 15 is 0 Å². The zero-order chi connectivity index (χ0) is 23.9. The normalized spacial score (nSPS) is 23.2. The number of halogens is 1. The molecule has 0 spiro atoms. The van der Waals surface area contributed by atoms with E-state index in [4.69, 9.17) is 9.47 Å². The van der Waals surface area contributed by atoms with E-state index in [9.17, 15) is 14.4 Å². The van der Waals surface area contributed by atoms with Crippen LogP contribution >= 0.6 is 22.6 Å². The number of hydrogen-bond acceptors (Lipinski definition) is 5. The van der Waals surface area contributed by atoms with Gasteiger partial charge in [0, 0.05) is 22.6 Å². The number of fused-ring (bicyclic) bond motifs is 3. The van der Waals surface area contributed by atoms with E-state index in [1.54, 1.807) is 24.3 Å². The first-order chi connectivity index (χ1) is 16.5. The summed E-state index contributed by atoms with van der Waals surface area (Å²) in [6, 6.07) is 15.6. The maximum absolute atomic E-state index is 13.5. The lowest BCUT2D eigenvalue weighted by molar-refractivity contribution is -0.134. The quantitative estimate of drug-likeness (QED) is 0.432. The third kappa shape index (κ3) is 6.40. The van der Waals surface area contributed by atoms with Crippen LogP contribution < -0.4 is 15.4 Å². The first-order valence-corrected chi connectivity index (χ1v) is 12.7. The van der Waals surface area contributed by atoms with Crippen molar-refractivity contribution < 1.29 is 23.9 Å². The van der Waals surface area contributed by atoms with Crippen molar-refractivity contribution in [1.29, 1.82) is 0 Å². The maximum atomic E-state index is 13.5. The van der Waals surface area contributed by atoms with Crippen LogP contribution in [0.25, 0.3) is 0 Å². The largest absolute Gasteiger partial charge is 0.491 e. The summed E-state index contributed by atoms with van der Waals surface area (Å²) < 4.78 is 11.6. The molecule has 0 unspecified atom stereocenters. The highest BCUT2D eigenvalue weighted by molar-refractivity contribution is 14.1. The summed E-state index contributed by atoms with van der Waals surface area (Å²) in [6.45, 7) is 1.42. The van der Waals surface area contributed by atoms with Gasteiger partial charge in [0.15, 0.2) is 0 Å². The highest BCUT2D eigenvalue weighted by Crippen LogP contribution is 2.26. The van der Waals surface area contributed by atoms with Crippen LogP contribution in [0.3, 0.4) is 0 Å². The van der Waals surface area contributed by atoms with Gasteiger partial charge in [-0.3, -0.25) is 9.59 Å². The van der Waals surface area contributed by atoms with Crippen LogP contribution in [0.1, 0.15) is 35.2 Å². The molecule has 4 rings (SSSR count). The topological polar surface area (TPSA) is 97.0 Å². The number of hydrogen-bond donors (Lipinski definition) is 2. The fraction of sp³-hybridized carbons (Fsp3) is 0.400. The molecule has 9 heteroatoms. The van der Waals surface area contributed by atoms with Crippen molar-refractivity contribution in [2.45, 2.75) is 41.9 Å². The summed E-state index contributed by atoms with van der Waals surface area (Å²) in [5, 5.41) is 5.62. The summed E-state index contributed by atoms with van der Waals surface area (Å²) in [5.74, 6) is 0.241. The van der Waals surface area contributed by atoms with Crippen LogP contribution in [0.5, 0.6) is 5.75 Å². The van der Waals surface area contributed by atoms with Gasteiger partial charge in [-0.2, -0.15) is 0 Å². The predicted octanol–water partition coefficient (Wildman–Crippen LogP) is 3.29. The summed E-state index contributed by atoms with van der Waals surface area (Å²) in [7, 11) is 0. The van der Waals surface area contributed by atoms with E-state index in [0.717, 1.165) is 12.0 Å². The highest BCUT2D eigenvalue weighted by Gasteiger charge is 2.38. The third-order valence-electron chi connectivity index (χ3n) is 5.94. The highest BCUT2D eigenvalue weighted by atomic mass is 127. The summed E-state index contributed by atoms with van der Waals surface area (Å²) in [4.78, 5) is 40.3. The average Bonchev–Trinajstić information content (AvgIpc) is 3.23. The number of nitrogens with one attached hydrogen (secondary N) is 2. The molecule has 2 bridgehead atoms. The number of carbonyl (C=O) groups is 3. The Hall–Kier alpha value is -2.82. The van der Waals surface area contributed by atoms with Crippen LogP contribution in [0.15, 0.2) is 54.6 Å². The molecule has 2 aromatic carbocycles. The molecular formula is C25H28IN3O5. The predicted molar refractivity (Wildman–Crippen MR) is 135 cm³/mol. The van der Waals surface area contributed by atoms with Crippen LogP contribution in [-0.2, 0) is 16.1 Å². The number of nitrogens with zero attached hydrogens (tertiary/aromatic N) is 1. The Morgan fingerprint density at radius 3 is 2.82 bits per heavy atom. The van der Waals surface area contributed by atoms with Gasteiger partial charge in [0.05, 0.1) is 6.04 Å². The van der Waals surface area contributed by atoms with Crippen molar-refractivity contribution in [3.8, 4) is 5.75 Å². The second-order valence-electron chi connectivity index (χ2n) is 8.47. The number of alkyl halides is 1. The molecule has 2 heterocycles. The summed E-state index contributed by atoms with van der Waals surface area (Å²) in [5.41, 5.74) is 1.39. The molecule has 34 heavy (non-hydrogen) atoms. The van der Waals surface area contributed by atoms with Crippen molar-refractivity contribution in [1.82, 2.24) is 15.5 Å². The second-order valence-corrected chi connectivity index (χ2v) is 10.2. The van der Waals surface area contributed by atoms with Crippen molar-refractivity contribution in [3.05, 3.63) is 65.7 Å². The molecule has 2 aliphatic rings. The number of alkyl carbamates (subject to hydrolysis) is 1. The molecule has 2 aromatic rings. The Morgan fingerprint density at radius 1 is 1.18 bits per heavy atom. The van der Waals surface area contributed by atoms with Crippen molar-refractivity contribution in [2.75, 3.05) is 19.7 Å². The molecule has 1 fully saturated rings. The van der Waals surface area contributed by atoms with E-state index in [1.165, 1.54) is 0 Å². The molecule has 180 valence electrons. The van der Waals surface area contributed by atoms with Gasteiger partial charge in [0.1, 0.15) is 25.0 Å². The van der Waals surface area contributed by atoms with E-state index < -0.39 is 12.1 Å². The maximum Gasteiger partial charge on any atom is 0.408 e. The monoisotopic (exact) mass is 577 g/mol. The molecule has 3 amide bonds. The smallest absolute Gasteiger partial charge is 0.408 e. The summed E-state index contributed by atoms with van der Waals surface area (Å²) in [6.07, 6.45) is 1.08. The lowest BCUT2D eigenvalue weighted by Crippen LogP contribution is -2.51. The Labute approximate surface area is 212 Å². The van der Waals surface area contributed by atoms with Crippen LogP contribution in [-0.4, -0.2) is 58.5 Å². The fourth-order valence-electron chi connectivity index (χ4n) is 4.18. The SMILES string of the molecule is O=C(N[C@H]1CCCNC(=O)c2cccc(c2)OC[C@@H]2C[C@H](I)CN2C1=O)OCc1ccccc1. The zero-order valence-electron chi connectivity index (χ0n) is 18.7. The van der Waals surface area contributed by atoms with Crippen LogP contribution in [0.4, 0.5) is 4.79 Å². The van der Waals surface area contributed by atoms with Crippen LogP contribution in [0.2, 0.25) is 0 Å². The first kappa shape index (κ1) is 24.3. The van der Waals surface area contributed by atoms with Crippen LogP contribution in [0, 0.1) is 0 Å². The zero-order valence-corrected chi connectivity index (χ0v) is 20.9. The summed E-state index contributed by atoms with van der Waals surface area (Å²) >= 11 is 2.35. The van der Waals surface area contributed by atoms with Gasteiger partial charge in [-0.1, -0.05) is 59.0 Å². The van der Waals surface area contributed by atoms with E-state index in [-0.39, 0.29) is 24.5 Å². The molecule has 8 nitrogen and oxygen atoms in total. The number of rotatable bonds is 3. The molecule has 0 aliphatic carbocycles. The average molecular weight is 577 g/mol. The second kappa shape index (κ2) is 11.5. The molecule has 0 saturated carbocycles. The molecule has 2 aliphatic heterocycles. The standard InChI is InChI=1S/C25H28IN3O5/c26-19-13-20-16-33-21-9-4-8-18(12-21)23(30)27-11-5-10-22(24(31)29(20)14-19)28-25(32)34-15-17-6-2-1-3-7-17/h1-4,6-9,12,19-20,22H,5,10-11,13-16H2,(H,27,30)(H,28,32)/t19-,20-,22-/m0/s1. The van der Waals surface area contributed by atoms with Crippen molar-refractivity contribution in [3.63, 3.8) is 0 Å². The molecule has 1 saturated heterocycles. The fourth-order valence-corrected chi connectivity index (χ4v) is 5.19. The van der Waals surface area contributed by atoms with Crippen molar-refractivity contribution >= 4 is 40.5 Å². The Kier molecular flexibility index (Phi) is 8.25. The minimum Gasteiger partial charge on any atom is -0.491 e. The Balaban J connectivity index is 1.47. The van der Waals surface area contributed by atoms with E-state index in [0.29, 0.717) is 47.8 Å². The van der Waals surface area contributed by atoms with Gasteiger partial charge >= 0.3 is 6.09 Å². The number of amides is 3. The van der Waals surface area contributed by atoms with Gasteiger partial charge < -0.3 is 25.0 Å². The molecular weight excluding hydrogens is 549 g/mol. The van der Waals surface area contributed by atoms with Gasteiger partial charge in [0.2, 0.25) is 5.91 Å². The van der Waals surface area contributed by atoms with E-state index in [2.05, 4.69) is 33.2 Å². The lowest BCUT2D eigenvalue weighted by atomic mass is 10.1. The third-order valence-corrected chi connectivity index (χ3v) is 6.85. The van der Waals surface area contributed by atoms with Gasteiger partial charge in [0.25, 0.3) is 5.91 Å². The first-order valence-electron chi connectivity index (χ1n) is 11.4. The van der Waals surface area contributed by atoms with Crippen molar-refractivity contribution in [2.24, 2.45) is 0 Å². The number of benzene rings is 2. The molecule has 3 atom stereocenters. The lowest BCUT2D eigenvalue weighted by Gasteiger charge is -2.29. The van der Waals surface area contributed by atoms with E-state index in [1.807, 2.05) is 35.2 Å². The van der Waals surface area contributed by atoms with Gasteiger partial charge in [-0.05, 0) is 43.0 Å². The Bertz CT molecular complexity index is 1020. The number of carbonyl (C=O) groups excluding carboxylic acids is 3. The number of ether oxygens (including phenoxy) is 2. The minimum absolute atomic E-state index is 0.112. The Morgan fingerprint density at radius 2 is 2.00 bits per heavy atom. The molecule has 2 N–H and O–H groups in total. The minimum atomic E-state index is -0.745. The molecule has 0 aromatic heterocycles. The van der Waals surface area contributed by atoms with Gasteiger partial charge in [-0.25, -0.2) is 4.79 Å². The molecule has 0 radical (unpaired) electrons. The van der Waals surface area contributed by atoms with Gasteiger partial charge in [-0.15, -0.1) is 0 Å².